The lowest BCUT2D eigenvalue weighted by Gasteiger charge is -2.12. The molecule has 0 spiro atoms. The molecule has 0 rings (SSSR count). The maximum Gasteiger partial charge on any atom is 0.275 e. The molecule has 0 aromatic carbocycles. The molecule has 148 valence electrons. The Balaban J connectivity index is 0. The van der Waals surface area contributed by atoms with Gasteiger partial charge in [-0.15, -0.1) is 0 Å². The van der Waals surface area contributed by atoms with Gasteiger partial charge < -0.3 is 21.1 Å². The standard InChI is InChI=1S/C10H23NO3.C10H22/c11-9-7-5-3-1-2-4-6-8-10(12,13)14;1-3-5-7-9-10-8-6-4-2/h12-14H,1-9,11H2;3-10H2,1-2H3. The van der Waals surface area contributed by atoms with Crippen molar-refractivity contribution in [2.24, 2.45) is 5.73 Å². The first-order valence-corrected chi connectivity index (χ1v) is 10.3. The van der Waals surface area contributed by atoms with Gasteiger partial charge in [-0.25, -0.2) is 0 Å². The van der Waals surface area contributed by atoms with Crippen LogP contribution in [0.5, 0.6) is 0 Å². The van der Waals surface area contributed by atoms with E-state index in [2.05, 4.69) is 13.8 Å². The van der Waals surface area contributed by atoms with Crippen LogP contribution in [0.1, 0.15) is 117 Å². The Kier molecular flexibility index (Phi) is 22.7. The smallest absolute Gasteiger partial charge is 0.275 e. The second-order valence-electron chi connectivity index (χ2n) is 6.91. The van der Waals surface area contributed by atoms with E-state index in [-0.39, 0.29) is 6.42 Å². The predicted octanol–water partition coefficient (Wildman–Crippen LogP) is 4.84. The lowest BCUT2D eigenvalue weighted by molar-refractivity contribution is -0.315. The maximum atomic E-state index is 8.59. The maximum absolute atomic E-state index is 8.59. The third-order valence-electron chi connectivity index (χ3n) is 4.17. The first kappa shape index (κ1) is 26.1. The van der Waals surface area contributed by atoms with Crippen molar-refractivity contribution >= 4 is 0 Å². The molecule has 0 aromatic rings. The fourth-order valence-electron chi connectivity index (χ4n) is 2.60. The Bertz CT molecular complexity index is 209. The van der Waals surface area contributed by atoms with Gasteiger partial charge in [-0.1, -0.05) is 97.3 Å². The molecule has 0 aliphatic carbocycles. The molecule has 0 unspecified atom stereocenters. The van der Waals surface area contributed by atoms with Crippen molar-refractivity contribution in [3.63, 3.8) is 0 Å². The zero-order chi connectivity index (χ0) is 18.5. The molecule has 0 aliphatic rings. The molecule has 4 nitrogen and oxygen atoms in total. The Hall–Kier alpha value is -0.160. The summed E-state index contributed by atoms with van der Waals surface area (Å²) in [5.41, 5.74) is 5.36. The van der Waals surface area contributed by atoms with Gasteiger partial charge in [-0.3, -0.25) is 0 Å². The zero-order valence-electron chi connectivity index (χ0n) is 16.4. The minimum atomic E-state index is -2.47. The van der Waals surface area contributed by atoms with E-state index >= 15 is 0 Å². The Labute approximate surface area is 150 Å². The summed E-state index contributed by atoms with van der Waals surface area (Å²) in [6.07, 6.45) is 18.8. The normalized spacial score (nSPS) is 11.2. The van der Waals surface area contributed by atoms with Crippen LogP contribution in [-0.4, -0.2) is 27.8 Å². The van der Waals surface area contributed by atoms with E-state index in [1.54, 1.807) is 0 Å². The molecular weight excluding hydrogens is 302 g/mol. The van der Waals surface area contributed by atoms with E-state index in [4.69, 9.17) is 21.1 Å². The summed E-state index contributed by atoms with van der Waals surface area (Å²) in [4.78, 5) is 0. The van der Waals surface area contributed by atoms with E-state index in [0.717, 1.165) is 32.2 Å². The van der Waals surface area contributed by atoms with Gasteiger partial charge in [-0.2, -0.15) is 0 Å². The van der Waals surface area contributed by atoms with Crippen molar-refractivity contribution in [1.82, 2.24) is 0 Å². The van der Waals surface area contributed by atoms with Crippen LogP contribution >= 0.6 is 0 Å². The summed E-state index contributed by atoms with van der Waals surface area (Å²) >= 11 is 0. The lowest BCUT2D eigenvalue weighted by atomic mass is 10.1. The highest BCUT2D eigenvalue weighted by atomic mass is 16.7. The molecule has 0 aromatic heterocycles. The molecule has 0 saturated carbocycles. The zero-order valence-corrected chi connectivity index (χ0v) is 16.4. The van der Waals surface area contributed by atoms with Crippen molar-refractivity contribution in [3.05, 3.63) is 0 Å². The monoisotopic (exact) mass is 347 g/mol. The van der Waals surface area contributed by atoms with E-state index in [1.807, 2.05) is 0 Å². The number of rotatable bonds is 16. The summed E-state index contributed by atoms with van der Waals surface area (Å²) in [5, 5.41) is 25.8. The first-order valence-electron chi connectivity index (χ1n) is 10.3. The summed E-state index contributed by atoms with van der Waals surface area (Å²) in [5.74, 6) is -2.47. The van der Waals surface area contributed by atoms with Crippen LogP contribution in [0.2, 0.25) is 0 Å². The van der Waals surface area contributed by atoms with Crippen LogP contribution in [0.4, 0.5) is 0 Å². The number of nitrogens with two attached hydrogens (primary N) is 1. The number of unbranched alkanes of at least 4 members (excludes halogenated alkanes) is 13. The predicted molar refractivity (Wildman–Crippen MR) is 104 cm³/mol. The quantitative estimate of drug-likeness (QED) is 0.237. The first-order chi connectivity index (χ1) is 11.5. The minimum Gasteiger partial charge on any atom is -0.344 e. The molecule has 0 heterocycles. The highest BCUT2D eigenvalue weighted by molar-refractivity contribution is 4.51. The molecule has 0 bridgehead atoms. The van der Waals surface area contributed by atoms with Gasteiger partial charge in [0.1, 0.15) is 0 Å². The van der Waals surface area contributed by atoms with Crippen LogP contribution < -0.4 is 5.73 Å². The Morgan fingerprint density at radius 3 is 1.21 bits per heavy atom. The Morgan fingerprint density at radius 1 is 0.542 bits per heavy atom. The number of hydrogen-bond donors (Lipinski definition) is 4. The topological polar surface area (TPSA) is 86.7 Å². The van der Waals surface area contributed by atoms with Crippen molar-refractivity contribution in [3.8, 4) is 0 Å². The summed E-state index contributed by atoms with van der Waals surface area (Å²) in [7, 11) is 0. The van der Waals surface area contributed by atoms with Crippen LogP contribution in [0, 0.1) is 0 Å². The fraction of sp³-hybridized carbons (Fsp3) is 1.00. The van der Waals surface area contributed by atoms with Crippen LogP contribution in [-0.2, 0) is 0 Å². The molecule has 0 saturated heterocycles. The molecule has 4 heteroatoms. The van der Waals surface area contributed by atoms with E-state index < -0.39 is 5.97 Å². The largest absolute Gasteiger partial charge is 0.344 e. The molecule has 0 atom stereocenters. The van der Waals surface area contributed by atoms with Gasteiger partial charge in [0, 0.05) is 6.42 Å². The van der Waals surface area contributed by atoms with Crippen LogP contribution in [0.3, 0.4) is 0 Å². The SMILES string of the molecule is CCCCCCCCCC.NCCCCCCCCCC(O)(O)O. The van der Waals surface area contributed by atoms with Crippen LogP contribution in [0.25, 0.3) is 0 Å². The van der Waals surface area contributed by atoms with E-state index in [0.29, 0.717) is 6.42 Å². The summed E-state index contributed by atoms with van der Waals surface area (Å²) < 4.78 is 0. The van der Waals surface area contributed by atoms with Gasteiger partial charge in [0.05, 0.1) is 0 Å². The molecule has 0 amide bonds. The summed E-state index contributed by atoms with van der Waals surface area (Å²) in [6, 6.07) is 0. The number of aliphatic hydroxyl groups is 3. The number of hydrogen-bond acceptors (Lipinski definition) is 4. The van der Waals surface area contributed by atoms with Crippen molar-refractivity contribution in [2.75, 3.05) is 6.54 Å². The molecule has 0 fully saturated rings. The molecule has 0 aliphatic heterocycles. The third kappa shape index (κ3) is 29.8. The Morgan fingerprint density at radius 2 is 0.875 bits per heavy atom. The molecular formula is C20H45NO3. The highest BCUT2D eigenvalue weighted by Gasteiger charge is 2.16. The summed E-state index contributed by atoms with van der Waals surface area (Å²) in [6.45, 7) is 5.31. The van der Waals surface area contributed by atoms with Gasteiger partial charge in [0.15, 0.2) is 0 Å². The third-order valence-corrected chi connectivity index (χ3v) is 4.17. The second-order valence-corrected chi connectivity index (χ2v) is 6.91. The van der Waals surface area contributed by atoms with Gasteiger partial charge in [0.2, 0.25) is 0 Å². The molecule has 24 heavy (non-hydrogen) atoms. The average Bonchev–Trinajstić information content (AvgIpc) is 2.53. The van der Waals surface area contributed by atoms with Crippen molar-refractivity contribution in [2.45, 2.75) is 123 Å². The molecule has 5 N–H and O–H groups in total. The second kappa shape index (κ2) is 20.9. The molecule has 0 radical (unpaired) electrons. The average molecular weight is 348 g/mol. The highest BCUT2D eigenvalue weighted by Crippen LogP contribution is 2.12. The lowest BCUT2D eigenvalue weighted by Crippen LogP contribution is -2.26. The fourth-order valence-corrected chi connectivity index (χ4v) is 2.60. The van der Waals surface area contributed by atoms with Gasteiger partial charge >= 0.3 is 0 Å². The minimum absolute atomic E-state index is 0.0375. The van der Waals surface area contributed by atoms with Crippen molar-refractivity contribution in [1.29, 1.82) is 0 Å². The van der Waals surface area contributed by atoms with Gasteiger partial charge in [-0.05, 0) is 19.4 Å². The van der Waals surface area contributed by atoms with E-state index in [9.17, 15) is 0 Å². The van der Waals surface area contributed by atoms with Crippen molar-refractivity contribution < 1.29 is 15.3 Å². The van der Waals surface area contributed by atoms with Crippen LogP contribution in [0.15, 0.2) is 0 Å². The van der Waals surface area contributed by atoms with E-state index in [1.165, 1.54) is 64.2 Å². The van der Waals surface area contributed by atoms with Gasteiger partial charge in [0.25, 0.3) is 5.97 Å².